The Hall–Kier alpha value is -0.130. The van der Waals surface area contributed by atoms with Gasteiger partial charge in [0, 0.05) is 19.0 Å². The van der Waals surface area contributed by atoms with Crippen molar-refractivity contribution in [3.8, 4) is 0 Å². The van der Waals surface area contributed by atoms with Gasteiger partial charge in [0.1, 0.15) is 0 Å². The third-order valence-corrected chi connectivity index (χ3v) is 3.26. The first-order valence-electron chi connectivity index (χ1n) is 3.54. The van der Waals surface area contributed by atoms with Gasteiger partial charge < -0.3 is 5.11 Å². The molecule has 0 saturated carbocycles. The molecule has 66 valence electrons. The summed E-state index contributed by atoms with van der Waals surface area (Å²) in [6.07, 6.45) is 0.790. The van der Waals surface area contributed by atoms with Crippen LogP contribution in [0.25, 0.3) is 0 Å². The average molecular weight is 179 g/mol. The van der Waals surface area contributed by atoms with Gasteiger partial charge >= 0.3 is 0 Å². The van der Waals surface area contributed by atoms with Gasteiger partial charge in [0.25, 0.3) is 0 Å². The lowest BCUT2D eigenvalue weighted by Gasteiger charge is -2.38. The first-order valence-corrected chi connectivity index (χ1v) is 5.39. The summed E-state index contributed by atoms with van der Waals surface area (Å²) in [5.41, 5.74) is 0. The summed E-state index contributed by atoms with van der Waals surface area (Å²) in [6, 6.07) is 0. The van der Waals surface area contributed by atoms with Gasteiger partial charge in [-0.25, -0.2) is 12.7 Å². The minimum absolute atomic E-state index is 0.129. The molecule has 1 heterocycles. The van der Waals surface area contributed by atoms with E-state index in [1.165, 1.54) is 10.6 Å². The van der Waals surface area contributed by atoms with Crippen molar-refractivity contribution in [2.24, 2.45) is 5.92 Å². The lowest BCUT2D eigenvalue weighted by atomic mass is 9.98. The number of rotatable bonds is 2. The molecule has 0 spiro atoms. The maximum atomic E-state index is 10.8. The Balaban J connectivity index is 2.42. The Bertz CT molecular complexity index is 228. The second kappa shape index (κ2) is 2.73. The van der Waals surface area contributed by atoms with Crippen LogP contribution in [0, 0.1) is 5.92 Å². The molecule has 0 aromatic heterocycles. The van der Waals surface area contributed by atoms with E-state index in [1.807, 2.05) is 0 Å². The SMILES string of the molecule is CC(O)C1CN(S(C)(=O)=O)C1. The third-order valence-electron chi connectivity index (χ3n) is 2.03. The molecule has 1 atom stereocenters. The zero-order valence-electron chi connectivity index (χ0n) is 6.69. The molecule has 0 aromatic rings. The first-order chi connectivity index (χ1) is 4.91. The number of aliphatic hydroxyl groups excluding tert-OH is 1. The van der Waals surface area contributed by atoms with Gasteiger partial charge in [0.15, 0.2) is 0 Å². The molecule has 1 saturated heterocycles. The molecule has 0 aromatic carbocycles. The Kier molecular flexibility index (Phi) is 2.22. The molecular weight excluding hydrogens is 166 g/mol. The number of hydrogen-bond donors (Lipinski definition) is 1. The van der Waals surface area contributed by atoms with Gasteiger partial charge in [-0.15, -0.1) is 0 Å². The number of aliphatic hydroxyl groups is 1. The van der Waals surface area contributed by atoms with Crippen LogP contribution in [-0.2, 0) is 10.0 Å². The minimum Gasteiger partial charge on any atom is -0.393 e. The molecule has 1 rings (SSSR count). The van der Waals surface area contributed by atoms with E-state index in [2.05, 4.69) is 0 Å². The molecule has 1 aliphatic rings. The maximum absolute atomic E-state index is 10.8. The van der Waals surface area contributed by atoms with Crippen molar-refractivity contribution in [3.05, 3.63) is 0 Å². The molecule has 1 unspecified atom stereocenters. The zero-order chi connectivity index (χ0) is 8.65. The standard InChI is InChI=1S/C6H13NO3S/c1-5(8)6-3-7(4-6)11(2,9)10/h5-6,8H,3-4H2,1-2H3. The zero-order valence-corrected chi connectivity index (χ0v) is 7.50. The fourth-order valence-electron chi connectivity index (χ4n) is 1.05. The maximum Gasteiger partial charge on any atom is 0.211 e. The van der Waals surface area contributed by atoms with Crippen LogP contribution in [0.4, 0.5) is 0 Å². The van der Waals surface area contributed by atoms with Crippen LogP contribution >= 0.6 is 0 Å². The normalized spacial score (nSPS) is 24.6. The number of hydrogen-bond acceptors (Lipinski definition) is 3. The van der Waals surface area contributed by atoms with Gasteiger partial charge in [-0.3, -0.25) is 0 Å². The Labute approximate surface area is 66.9 Å². The van der Waals surface area contributed by atoms with Crippen molar-refractivity contribution in [2.75, 3.05) is 19.3 Å². The highest BCUT2D eigenvalue weighted by atomic mass is 32.2. The van der Waals surface area contributed by atoms with Crippen molar-refractivity contribution < 1.29 is 13.5 Å². The quantitative estimate of drug-likeness (QED) is 0.607. The van der Waals surface area contributed by atoms with Crippen LogP contribution < -0.4 is 0 Å². The Morgan fingerprint density at radius 2 is 2.00 bits per heavy atom. The highest BCUT2D eigenvalue weighted by molar-refractivity contribution is 7.88. The lowest BCUT2D eigenvalue weighted by molar-refractivity contribution is 0.0502. The van der Waals surface area contributed by atoms with Gasteiger partial charge in [0.2, 0.25) is 10.0 Å². The molecule has 0 bridgehead atoms. The molecule has 0 radical (unpaired) electrons. The van der Waals surface area contributed by atoms with E-state index in [1.54, 1.807) is 6.92 Å². The highest BCUT2D eigenvalue weighted by Gasteiger charge is 2.35. The Morgan fingerprint density at radius 1 is 1.55 bits per heavy atom. The molecule has 5 heteroatoms. The molecule has 11 heavy (non-hydrogen) atoms. The van der Waals surface area contributed by atoms with E-state index in [9.17, 15) is 8.42 Å². The topological polar surface area (TPSA) is 57.6 Å². The largest absolute Gasteiger partial charge is 0.393 e. The second-order valence-corrected chi connectivity index (χ2v) is 5.06. The van der Waals surface area contributed by atoms with Crippen LogP contribution in [0.15, 0.2) is 0 Å². The van der Waals surface area contributed by atoms with Crippen molar-refractivity contribution in [3.63, 3.8) is 0 Å². The van der Waals surface area contributed by atoms with Crippen LogP contribution in [0.2, 0.25) is 0 Å². The molecule has 1 fully saturated rings. The van der Waals surface area contributed by atoms with Crippen molar-refractivity contribution in [2.45, 2.75) is 13.0 Å². The minimum atomic E-state index is -3.01. The van der Waals surface area contributed by atoms with E-state index >= 15 is 0 Å². The summed E-state index contributed by atoms with van der Waals surface area (Å²) >= 11 is 0. The molecule has 0 amide bonds. The summed E-state index contributed by atoms with van der Waals surface area (Å²) in [5.74, 6) is 0.129. The molecule has 0 aliphatic carbocycles. The monoisotopic (exact) mass is 179 g/mol. The second-order valence-electron chi connectivity index (χ2n) is 3.08. The summed E-state index contributed by atoms with van der Waals surface area (Å²) in [6.45, 7) is 2.62. The van der Waals surface area contributed by atoms with Crippen LogP contribution in [0.1, 0.15) is 6.92 Å². The molecule has 1 aliphatic heterocycles. The van der Waals surface area contributed by atoms with E-state index in [-0.39, 0.29) is 5.92 Å². The van der Waals surface area contributed by atoms with Crippen LogP contribution in [-0.4, -0.2) is 43.3 Å². The lowest BCUT2D eigenvalue weighted by Crippen LogP contribution is -2.53. The van der Waals surface area contributed by atoms with Gasteiger partial charge in [0.05, 0.1) is 12.4 Å². The fraction of sp³-hybridized carbons (Fsp3) is 1.00. The van der Waals surface area contributed by atoms with Crippen molar-refractivity contribution in [1.29, 1.82) is 0 Å². The fourth-order valence-corrected chi connectivity index (χ4v) is 1.97. The van der Waals surface area contributed by atoms with Gasteiger partial charge in [-0.1, -0.05) is 0 Å². The number of sulfonamides is 1. The number of nitrogens with zero attached hydrogens (tertiary/aromatic N) is 1. The summed E-state index contributed by atoms with van der Waals surface area (Å²) < 4.78 is 23.0. The van der Waals surface area contributed by atoms with E-state index < -0.39 is 16.1 Å². The van der Waals surface area contributed by atoms with Crippen molar-refractivity contribution >= 4 is 10.0 Å². The van der Waals surface area contributed by atoms with Crippen molar-refractivity contribution in [1.82, 2.24) is 4.31 Å². The third kappa shape index (κ3) is 1.91. The van der Waals surface area contributed by atoms with Crippen LogP contribution in [0.5, 0.6) is 0 Å². The summed E-state index contributed by atoms with van der Waals surface area (Å²) in [4.78, 5) is 0. The molecular formula is C6H13NO3S. The first kappa shape index (κ1) is 8.96. The van der Waals surface area contributed by atoms with E-state index in [0.717, 1.165) is 0 Å². The summed E-state index contributed by atoms with van der Waals surface area (Å²) in [7, 11) is -3.01. The predicted octanol–water partition coefficient (Wildman–Crippen LogP) is -0.741. The van der Waals surface area contributed by atoms with Gasteiger partial charge in [-0.2, -0.15) is 0 Å². The highest BCUT2D eigenvalue weighted by Crippen LogP contribution is 2.21. The molecule has 1 N–H and O–H groups in total. The predicted molar refractivity (Wildman–Crippen MR) is 41.6 cm³/mol. The summed E-state index contributed by atoms with van der Waals surface area (Å²) in [5, 5.41) is 9.03. The van der Waals surface area contributed by atoms with E-state index in [0.29, 0.717) is 13.1 Å². The van der Waals surface area contributed by atoms with Gasteiger partial charge in [-0.05, 0) is 6.92 Å². The molecule has 4 nitrogen and oxygen atoms in total. The smallest absolute Gasteiger partial charge is 0.211 e. The van der Waals surface area contributed by atoms with E-state index in [4.69, 9.17) is 5.11 Å². The Morgan fingerprint density at radius 3 is 2.27 bits per heavy atom. The average Bonchev–Trinajstić information content (AvgIpc) is 1.51. The van der Waals surface area contributed by atoms with Crippen LogP contribution in [0.3, 0.4) is 0 Å².